The zero-order chi connectivity index (χ0) is 18.4. The van der Waals surface area contributed by atoms with E-state index < -0.39 is 0 Å². The number of hydrogen-bond donors (Lipinski definition) is 3. The number of H-pyrrole nitrogens is 2. The van der Waals surface area contributed by atoms with Crippen molar-refractivity contribution in [2.45, 2.75) is 19.5 Å². The van der Waals surface area contributed by atoms with Crippen LogP contribution in [0.4, 0.5) is 0 Å². The topological polar surface area (TPSA) is 106 Å². The van der Waals surface area contributed by atoms with Gasteiger partial charge in [-0.3, -0.25) is 9.25 Å². The number of hydrogen-bond acceptors (Lipinski definition) is 5. The van der Waals surface area contributed by atoms with Gasteiger partial charge in [-0.15, -0.1) is 12.4 Å². The number of nitrogens with zero attached hydrogens (tertiary/aromatic N) is 4. The molecule has 1 aliphatic heterocycles. The summed E-state index contributed by atoms with van der Waals surface area (Å²) in [7, 11) is 1.61. The van der Waals surface area contributed by atoms with Crippen molar-refractivity contribution >= 4 is 23.4 Å². The Kier molecular flexibility index (Phi) is 4.70. The van der Waals surface area contributed by atoms with Crippen LogP contribution in [-0.4, -0.2) is 43.0 Å². The summed E-state index contributed by atoms with van der Waals surface area (Å²) in [4.78, 5) is 21.7. The van der Waals surface area contributed by atoms with Crippen LogP contribution < -0.4 is 15.7 Å². The fourth-order valence-electron chi connectivity index (χ4n) is 3.56. The van der Waals surface area contributed by atoms with Crippen molar-refractivity contribution in [3.05, 3.63) is 46.8 Å². The lowest BCUT2D eigenvalue weighted by molar-refractivity contribution is 0.413. The second-order valence-corrected chi connectivity index (χ2v) is 6.54. The average molecular weight is 402 g/mol. The fourth-order valence-corrected chi connectivity index (χ4v) is 3.56. The third kappa shape index (κ3) is 2.98. The first-order valence-electron chi connectivity index (χ1n) is 8.84. The van der Waals surface area contributed by atoms with Gasteiger partial charge in [0.15, 0.2) is 5.82 Å². The average Bonchev–Trinajstić information content (AvgIpc) is 3.34. The molecule has 0 aliphatic carbocycles. The molecule has 1 aliphatic rings. The summed E-state index contributed by atoms with van der Waals surface area (Å²) in [6.07, 6.45) is 4.65. The molecule has 0 radical (unpaired) electrons. The lowest BCUT2D eigenvalue weighted by Gasteiger charge is -2.11. The van der Waals surface area contributed by atoms with E-state index in [1.165, 1.54) is 0 Å². The van der Waals surface area contributed by atoms with E-state index in [1.54, 1.807) is 19.4 Å². The molecule has 10 heteroatoms. The number of aryl methyl sites for hydroxylation is 1. The van der Waals surface area contributed by atoms with Crippen molar-refractivity contribution in [2.24, 2.45) is 0 Å². The van der Waals surface area contributed by atoms with Crippen LogP contribution in [0.3, 0.4) is 0 Å². The Balaban J connectivity index is 0.00000192. The van der Waals surface area contributed by atoms with Gasteiger partial charge in [0.2, 0.25) is 0 Å². The number of aromatic nitrogens is 6. The van der Waals surface area contributed by atoms with Crippen LogP contribution in [-0.2, 0) is 13.1 Å². The van der Waals surface area contributed by atoms with Crippen molar-refractivity contribution in [1.29, 1.82) is 0 Å². The minimum atomic E-state index is -0.250. The zero-order valence-electron chi connectivity index (χ0n) is 15.2. The molecule has 4 aromatic rings. The van der Waals surface area contributed by atoms with E-state index in [2.05, 4.69) is 26.3 Å². The molecule has 4 heterocycles. The van der Waals surface area contributed by atoms with Gasteiger partial charge >= 0.3 is 5.69 Å². The molecule has 0 atom stereocenters. The Morgan fingerprint density at radius 2 is 2.00 bits per heavy atom. The highest BCUT2D eigenvalue weighted by molar-refractivity contribution is 5.85. The molecular formula is C18H20ClN7O2. The molecule has 3 aromatic heterocycles. The van der Waals surface area contributed by atoms with E-state index in [1.807, 2.05) is 21.5 Å². The van der Waals surface area contributed by atoms with Crippen LogP contribution in [0.5, 0.6) is 5.75 Å². The number of aromatic amines is 2. The lowest BCUT2D eigenvalue weighted by atomic mass is 10.2. The Morgan fingerprint density at radius 3 is 2.82 bits per heavy atom. The first kappa shape index (κ1) is 18.3. The minimum Gasteiger partial charge on any atom is -0.494 e. The van der Waals surface area contributed by atoms with Gasteiger partial charge in [0.1, 0.15) is 11.4 Å². The maximum Gasteiger partial charge on any atom is 0.323 e. The molecule has 5 rings (SSSR count). The predicted octanol–water partition coefficient (Wildman–Crippen LogP) is 1.83. The Bertz CT molecular complexity index is 1160. The van der Waals surface area contributed by atoms with E-state index in [0.717, 1.165) is 49.0 Å². The molecule has 9 nitrogen and oxygen atoms in total. The maximum absolute atomic E-state index is 11.6. The fraction of sp³-hybridized carbons (Fsp3) is 0.278. The van der Waals surface area contributed by atoms with Gasteiger partial charge in [0.05, 0.1) is 29.5 Å². The third-order valence-electron chi connectivity index (χ3n) is 4.84. The second kappa shape index (κ2) is 7.17. The summed E-state index contributed by atoms with van der Waals surface area (Å²) >= 11 is 0. The SMILES string of the molecule is COc1cc2[nH]c(=O)[nH]c2cc1-n1ccnc1-c1cc2n(n1)CCCNC2.Cl. The maximum atomic E-state index is 11.6. The first-order valence-corrected chi connectivity index (χ1v) is 8.84. The Labute approximate surface area is 166 Å². The van der Waals surface area contributed by atoms with E-state index >= 15 is 0 Å². The van der Waals surface area contributed by atoms with Gasteiger partial charge in [-0.1, -0.05) is 0 Å². The standard InChI is InChI=1S/C18H19N7O2.ClH/c1-27-16-9-13-12(21-18(26)22-13)8-15(16)24-6-4-20-17(24)14-7-11-10-19-3-2-5-25(11)23-14;/h4,6-9,19H,2-3,5,10H2,1H3,(H2,21,22,26);1H. The van der Waals surface area contributed by atoms with Gasteiger partial charge in [0.25, 0.3) is 0 Å². The molecule has 1 aromatic carbocycles. The third-order valence-corrected chi connectivity index (χ3v) is 4.84. The predicted molar refractivity (Wildman–Crippen MR) is 107 cm³/mol. The van der Waals surface area contributed by atoms with Crippen molar-refractivity contribution in [1.82, 2.24) is 34.6 Å². The van der Waals surface area contributed by atoms with Crippen molar-refractivity contribution in [3.63, 3.8) is 0 Å². The van der Waals surface area contributed by atoms with Crippen LogP contribution in [0.15, 0.2) is 35.4 Å². The molecule has 3 N–H and O–H groups in total. The summed E-state index contributed by atoms with van der Waals surface area (Å²) in [5, 5.41) is 8.15. The number of rotatable bonds is 3. The summed E-state index contributed by atoms with van der Waals surface area (Å²) in [6, 6.07) is 5.75. The van der Waals surface area contributed by atoms with Gasteiger partial charge in [-0.2, -0.15) is 5.10 Å². The van der Waals surface area contributed by atoms with Gasteiger partial charge < -0.3 is 20.0 Å². The Hall–Kier alpha value is -3.04. The number of benzene rings is 1. The molecule has 0 spiro atoms. The monoisotopic (exact) mass is 401 g/mol. The summed E-state index contributed by atoms with van der Waals surface area (Å²) in [5.74, 6) is 1.37. The summed E-state index contributed by atoms with van der Waals surface area (Å²) < 4.78 is 9.52. The van der Waals surface area contributed by atoms with Crippen LogP contribution in [0.25, 0.3) is 28.2 Å². The normalized spacial score (nSPS) is 13.8. The first-order chi connectivity index (χ1) is 13.2. The second-order valence-electron chi connectivity index (χ2n) is 6.54. The molecule has 0 unspecified atom stereocenters. The quantitative estimate of drug-likeness (QED) is 0.485. The van der Waals surface area contributed by atoms with Gasteiger partial charge in [-0.05, 0) is 25.1 Å². The number of nitrogens with one attached hydrogen (secondary N) is 3. The summed E-state index contributed by atoms with van der Waals surface area (Å²) in [5.41, 5.74) is 3.90. The number of imidazole rings is 2. The van der Waals surface area contributed by atoms with Crippen LogP contribution in [0.2, 0.25) is 0 Å². The number of fused-ring (bicyclic) bond motifs is 2. The van der Waals surface area contributed by atoms with E-state index in [0.29, 0.717) is 16.8 Å². The van der Waals surface area contributed by atoms with E-state index in [-0.39, 0.29) is 18.1 Å². The van der Waals surface area contributed by atoms with Crippen molar-refractivity contribution in [3.8, 4) is 23.0 Å². The minimum absolute atomic E-state index is 0. The molecule has 0 saturated carbocycles. The molecule has 0 fully saturated rings. The van der Waals surface area contributed by atoms with E-state index in [4.69, 9.17) is 9.84 Å². The van der Waals surface area contributed by atoms with E-state index in [9.17, 15) is 4.79 Å². The highest BCUT2D eigenvalue weighted by Gasteiger charge is 2.18. The molecule has 146 valence electrons. The van der Waals surface area contributed by atoms with Crippen molar-refractivity contribution < 1.29 is 4.74 Å². The largest absolute Gasteiger partial charge is 0.494 e. The summed E-state index contributed by atoms with van der Waals surface area (Å²) in [6.45, 7) is 2.69. The number of methoxy groups -OCH3 is 1. The smallest absolute Gasteiger partial charge is 0.323 e. The molecule has 0 saturated heterocycles. The molecular weight excluding hydrogens is 382 g/mol. The zero-order valence-corrected chi connectivity index (χ0v) is 16.0. The Morgan fingerprint density at radius 1 is 1.18 bits per heavy atom. The van der Waals surface area contributed by atoms with Crippen molar-refractivity contribution in [2.75, 3.05) is 13.7 Å². The molecule has 0 bridgehead atoms. The highest BCUT2D eigenvalue weighted by atomic mass is 35.5. The van der Waals surface area contributed by atoms with Crippen LogP contribution in [0.1, 0.15) is 12.1 Å². The van der Waals surface area contributed by atoms with Gasteiger partial charge in [-0.25, -0.2) is 9.78 Å². The number of ether oxygens (including phenoxy) is 1. The van der Waals surface area contributed by atoms with Crippen LogP contribution in [0, 0.1) is 0 Å². The van der Waals surface area contributed by atoms with Gasteiger partial charge in [0, 0.05) is 31.5 Å². The molecule has 28 heavy (non-hydrogen) atoms. The number of halogens is 1. The molecule has 0 amide bonds. The van der Waals surface area contributed by atoms with Crippen LogP contribution >= 0.6 is 12.4 Å². The lowest BCUT2D eigenvalue weighted by Crippen LogP contribution is -2.11. The highest BCUT2D eigenvalue weighted by Crippen LogP contribution is 2.30.